The number of aliphatic hydroxyl groups is 1. The summed E-state index contributed by atoms with van der Waals surface area (Å²) >= 11 is 0. The average Bonchev–Trinajstić information content (AvgIpc) is 1.95. The molecule has 1 rings (SSSR count). The third-order valence-electron chi connectivity index (χ3n) is 2.08. The number of hydrogen-bond donors (Lipinski definition) is 2. The molecule has 1 fully saturated rings. The second-order valence-electron chi connectivity index (χ2n) is 3.24. The minimum absolute atomic E-state index is 0.191. The Bertz CT molecular complexity index is 119. The van der Waals surface area contributed by atoms with Crippen molar-refractivity contribution in [1.29, 1.82) is 0 Å². The third kappa shape index (κ3) is 2.43. The maximum Gasteiger partial charge on any atom is 0.0748 e. The quantitative estimate of drug-likeness (QED) is 0.602. The van der Waals surface area contributed by atoms with Crippen LogP contribution in [0.3, 0.4) is 0 Å². The van der Waals surface area contributed by atoms with E-state index in [1.807, 2.05) is 0 Å². The van der Waals surface area contributed by atoms with Crippen LogP contribution in [0.1, 0.15) is 20.3 Å². The van der Waals surface area contributed by atoms with E-state index in [0.717, 1.165) is 13.0 Å². The Morgan fingerprint density at radius 1 is 1.55 bits per heavy atom. The highest BCUT2D eigenvalue weighted by Crippen LogP contribution is 2.10. The standard InChI is InChI=1S/C8H17NO2/c1-6-5-11-8(3-4-10)7(2)9-6/h6-10H,3-5H2,1-2H3. The molecule has 3 heteroatoms. The molecular formula is C8H17NO2. The molecule has 66 valence electrons. The fourth-order valence-electron chi connectivity index (χ4n) is 1.48. The van der Waals surface area contributed by atoms with Crippen LogP contribution in [0.25, 0.3) is 0 Å². The van der Waals surface area contributed by atoms with Crippen molar-refractivity contribution < 1.29 is 9.84 Å². The second-order valence-corrected chi connectivity index (χ2v) is 3.24. The van der Waals surface area contributed by atoms with E-state index in [-0.39, 0.29) is 12.7 Å². The SMILES string of the molecule is CC1COC(CCO)C(C)N1. The smallest absolute Gasteiger partial charge is 0.0748 e. The highest BCUT2D eigenvalue weighted by molar-refractivity contribution is 4.80. The Balaban J connectivity index is 2.31. The molecule has 2 N–H and O–H groups in total. The van der Waals surface area contributed by atoms with Gasteiger partial charge in [0, 0.05) is 18.7 Å². The summed E-state index contributed by atoms with van der Waals surface area (Å²) in [5, 5.41) is 12.1. The van der Waals surface area contributed by atoms with Gasteiger partial charge in [0.1, 0.15) is 0 Å². The number of hydrogen-bond acceptors (Lipinski definition) is 3. The van der Waals surface area contributed by atoms with Crippen LogP contribution in [0.2, 0.25) is 0 Å². The van der Waals surface area contributed by atoms with Gasteiger partial charge in [-0.3, -0.25) is 0 Å². The zero-order valence-corrected chi connectivity index (χ0v) is 7.21. The monoisotopic (exact) mass is 159 g/mol. The highest BCUT2D eigenvalue weighted by Gasteiger charge is 2.24. The van der Waals surface area contributed by atoms with Crippen LogP contribution in [-0.4, -0.2) is 36.5 Å². The van der Waals surface area contributed by atoms with Gasteiger partial charge in [-0.1, -0.05) is 0 Å². The Hall–Kier alpha value is -0.120. The number of aliphatic hydroxyl groups excluding tert-OH is 1. The molecule has 0 aromatic rings. The summed E-state index contributed by atoms with van der Waals surface area (Å²) in [4.78, 5) is 0. The van der Waals surface area contributed by atoms with Crippen LogP contribution < -0.4 is 5.32 Å². The maximum atomic E-state index is 8.69. The Labute approximate surface area is 67.7 Å². The number of morpholine rings is 1. The summed E-state index contributed by atoms with van der Waals surface area (Å²) in [5.74, 6) is 0. The first-order valence-electron chi connectivity index (χ1n) is 4.22. The van der Waals surface area contributed by atoms with Crippen molar-refractivity contribution in [3.63, 3.8) is 0 Å². The van der Waals surface area contributed by atoms with Gasteiger partial charge in [0.15, 0.2) is 0 Å². The zero-order valence-electron chi connectivity index (χ0n) is 7.21. The van der Waals surface area contributed by atoms with Crippen molar-refractivity contribution in [2.45, 2.75) is 38.5 Å². The zero-order chi connectivity index (χ0) is 8.27. The van der Waals surface area contributed by atoms with Crippen LogP contribution in [0, 0.1) is 0 Å². The van der Waals surface area contributed by atoms with Gasteiger partial charge in [-0.2, -0.15) is 0 Å². The van der Waals surface area contributed by atoms with Gasteiger partial charge in [-0.15, -0.1) is 0 Å². The number of nitrogens with one attached hydrogen (secondary N) is 1. The predicted molar refractivity (Wildman–Crippen MR) is 43.5 cm³/mol. The van der Waals surface area contributed by atoms with Crippen molar-refractivity contribution >= 4 is 0 Å². The van der Waals surface area contributed by atoms with Gasteiger partial charge < -0.3 is 15.2 Å². The first kappa shape index (κ1) is 8.97. The fraction of sp³-hybridized carbons (Fsp3) is 1.00. The van der Waals surface area contributed by atoms with E-state index < -0.39 is 0 Å². The molecule has 0 saturated carbocycles. The average molecular weight is 159 g/mol. The molecule has 3 atom stereocenters. The molecule has 0 aliphatic carbocycles. The fourth-order valence-corrected chi connectivity index (χ4v) is 1.48. The molecule has 0 bridgehead atoms. The molecule has 3 unspecified atom stereocenters. The van der Waals surface area contributed by atoms with E-state index in [2.05, 4.69) is 19.2 Å². The van der Waals surface area contributed by atoms with Crippen LogP contribution in [-0.2, 0) is 4.74 Å². The molecule has 1 aliphatic rings. The maximum absolute atomic E-state index is 8.69. The number of ether oxygens (including phenoxy) is 1. The van der Waals surface area contributed by atoms with Crippen molar-refractivity contribution in [3.8, 4) is 0 Å². The van der Waals surface area contributed by atoms with Crippen molar-refractivity contribution in [2.75, 3.05) is 13.2 Å². The molecule has 0 aromatic carbocycles. The van der Waals surface area contributed by atoms with E-state index in [1.165, 1.54) is 0 Å². The van der Waals surface area contributed by atoms with Crippen LogP contribution in [0.5, 0.6) is 0 Å². The molecule has 11 heavy (non-hydrogen) atoms. The molecule has 0 aromatic heterocycles. The second kappa shape index (κ2) is 4.04. The van der Waals surface area contributed by atoms with Gasteiger partial charge in [0.05, 0.1) is 12.7 Å². The lowest BCUT2D eigenvalue weighted by Gasteiger charge is -2.33. The minimum atomic E-state index is 0.191. The first-order valence-corrected chi connectivity index (χ1v) is 4.22. The lowest BCUT2D eigenvalue weighted by molar-refractivity contribution is -0.0302. The van der Waals surface area contributed by atoms with Crippen LogP contribution in [0.4, 0.5) is 0 Å². The Morgan fingerprint density at radius 3 is 2.82 bits per heavy atom. The molecule has 0 spiro atoms. The molecule has 3 nitrogen and oxygen atoms in total. The predicted octanol–water partition coefficient (Wildman–Crippen LogP) is 0.134. The lowest BCUT2D eigenvalue weighted by atomic mass is 10.1. The summed E-state index contributed by atoms with van der Waals surface area (Å²) in [5.41, 5.74) is 0. The summed E-state index contributed by atoms with van der Waals surface area (Å²) < 4.78 is 5.52. The van der Waals surface area contributed by atoms with Crippen LogP contribution in [0.15, 0.2) is 0 Å². The van der Waals surface area contributed by atoms with Crippen molar-refractivity contribution in [3.05, 3.63) is 0 Å². The molecule has 0 amide bonds. The third-order valence-corrected chi connectivity index (χ3v) is 2.08. The number of rotatable bonds is 2. The molecule has 1 saturated heterocycles. The normalized spacial score (nSPS) is 39.0. The van der Waals surface area contributed by atoms with Crippen molar-refractivity contribution in [2.24, 2.45) is 0 Å². The largest absolute Gasteiger partial charge is 0.396 e. The van der Waals surface area contributed by atoms with Gasteiger partial charge in [0.2, 0.25) is 0 Å². The van der Waals surface area contributed by atoms with E-state index in [0.29, 0.717) is 12.1 Å². The molecular weight excluding hydrogens is 142 g/mol. The molecule has 0 radical (unpaired) electrons. The summed E-state index contributed by atoms with van der Waals surface area (Å²) in [6.07, 6.45) is 0.928. The van der Waals surface area contributed by atoms with E-state index in [4.69, 9.17) is 9.84 Å². The Kier molecular flexibility index (Phi) is 3.30. The summed E-state index contributed by atoms with van der Waals surface area (Å²) in [6, 6.07) is 0.811. The van der Waals surface area contributed by atoms with E-state index in [1.54, 1.807) is 0 Å². The van der Waals surface area contributed by atoms with Gasteiger partial charge in [0.25, 0.3) is 0 Å². The van der Waals surface area contributed by atoms with Crippen LogP contribution >= 0.6 is 0 Å². The van der Waals surface area contributed by atoms with Gasteiger partial charge in [-0.05, 0) is 20.3 Å². The Morgan fingerprint density at radius 2 is 2.27 bits per heavy atom. The lowest BCUT2D eigenvalue weighted by Crippen LogP contribution is -2.51. The minimum Gasteiger partial charge on any atom is -0.396 e. The summed E-state index contributed by atoms with van der Waals surface area (Å²) in [6.45, 7) is 5.17. The molecule has 1 aliphatic heterocycles. The van der Waals surface area contributed by atoms with Gasteiger partial charge in [-0.25, -0.2) is 0 Å². The highest BCUT2D eigenvalue weighted by atomic mass is 16.5. The van der Waals surface area contributed by atoms with E-state index in [9.17, 15) is 0 Å². The summed E-state index contributed by atoms with van der Waals surface area (Å²) in [7, 11) is 0. The van der Waals surface area contributed by atoms with E-state index >= 15 is 0 Å². The topological polar surface area (TPSA) is 41.5 Å². The van der Waals surface area contributed by atoms with Crippen molar-refractivity contribution in [1.82, 2.24) is 5.32 Å². The first-order chi connectivity index (χ1) is 5.24. The van der Waals surface area contributed by atoms with Gasteiger partial charge >= 0.3 is 0 Å². The molecule has 1 heterocycles.